The minimum absolute atomic E-state index is 0.0752. The first-order valence-electron chi connectivity index (χ1n) is 13.8. The lowest BCUT2D eigenvalue weighted by molar-refractivity contribution is -0.135. The normalized spacial score (nSPS) is 20.3. The number of H-pyrrole nitrogens is 2. The summed E-state index contributed by atoms with van der Waals surface area (Å²) in [6.45, 7) is 5.49. The van der Waals surface area contributed by atoms with Crippen LogP contribution >= 0.6 is 0 Å². The molecule has 3 atom stereocenters. The van der Waals surface area contributed by atoms with Gasteiger partial charge in [0.05, 0.1) is 41.3 Å². The third-order valence-electron chi connectivity index (χ3n) is 7.97. The van der Waals surface area contributed by atoms with E-state index in [1.165, 1.54) is 13.5 Å². The topological polar surface area (TPSA) is 128 Å². The van der Waals surface area contributed by atoms with Crippen molar-refractivity contribution in [2.24, 2.45) is 5.92 Å². The van der Waals surface area contributed by atoms with Crippen LogP contribution in [0.15, 0.2) is 36.4 Å². The van der Waals surface area contributed by atoms with E-state index in [0.717, 1.165) is 70.6 Å². The average molecular weight is 530 g/mol. The Morgan fingerprint density at radius 1 is 0.974 bits per heavy atom. The summed E-state index contributed by atoms with van der Waals surface area (Å²) >= 11 is 0. The second-order valence-corrected chi connectivity index (χ2v) is 10.9. The molecule has 204 valence electrons. The van der Waals surface area contributed by atoms with E-state index in [4.69, 9.17) is 14.7 Å². The maximum Gasteiger partial charge on any atom is 0.407 e. The van der Waals surface area contributed by atoms with E-state index in [9.17, 15) is 9.59 Å². The van der Waals surface area contributed by atoms with Gasteiger partial charge in [0, 0.05) is 6.54 Å². The fourth-order valence-electron chi connectivity index (χ4n) is 5.85. The van der Waals surface area contributed by atoms with Crippen LogP contribution in [0.3, 0.4) is 0 Å². The van der Waals surface area contributed by atoms with Crippen molar-refractivity contribution in [3.8, 4) is 11.1 Å². The molecule has 10 nitrogen and oxygen atoms in total. The molecule has 4 N–H and O–H groups in total. The Hall–Kier alpha value is -3.92. The van der Waals surface area contributed by atoms with Crippen LogP contribution in [0.25, 0.3) is 33.2 Å². The number of imidazole rings is 2. The predicted octanol–water partition coefficient (Wildman–Crippen LogP) is 4.57. The Labute approximate surface area is 226 Å². The number of aromatic nitrogens is 4. The van der Waals surface area contributed by atoms with E-state index >= 15 is 0 Å². The first-order chi connectivity index (χ1) is 18.9. The number of carbonyl (C=O) groups excluding carboxylic acids is 2. The first kappa shape index (κ1) is 25.4. The minimum atomic E-state index is -0.656. The molecule has 4 aromatic rings. The highest BCUT2D eigenvalue weighted by Crippen LogP contribution is 2.34. The van der Waals surface area contributed by atoms with Gasteiger partial charge in [-0.1, -0.05) is 26.0 Å². The van der Waals surface area contributed by atoms with Crippen molar-refractivity contribution in [3.05, 3.63) is 48.0 Å². The van der Waals surface area contributed by atoms with Crippen molar-refractivity contribution in [3.63, 3.8) is 0 Å². The van der Waals surface area contributed by atoms with Crippen LogP contribution in [0, 0.1) is 5.92 Å². The van der Waals surface area contributed by atoms with Crippen LogP contribution in [0.2, 0.25) is 0 Å². The van der Waals surface area contributed by atoms with E-state index in [1.54, 1.807) is 0 Å². The van der Waals surface area contributed by atoms with Crippen molar-refractivity contribution < 1.29 is 14.3 Å². The van der Waals surface area contributed by atoms with Gasteiger partial charge in [-0.25, -0.2) is 14.8 Å². The summed E-state index contributed by atoms with van der Waals surface area (Å²) < 4.78 is 4.74. The van der Waals surface area contributed by atoms with Gasteiger partial charge in [-0.2, -0.15) is 0 Å². The SMILES string of the molecule is COC(=O)N[C@H](C(=O)N1CCC[C@H]1c1nc2ccc(-c3ccc4nc([C@@H]5CCCN5)[nH]c4c3)cc2[nH]1)C(C)C. The number of rotatable bonds is 6. The molecule has 39 heavy (non-hydrogen) atoms. The number of aromatic amines is 2. The van der Waals surface area contributed by atoms with Gasteiger partial charge in [0.1, 0.15) is 17.7 Å². The van der Waals surface area contributed by atoms with Crippen molar-refractivity contribution in [2.45, 2.75) is 57.7 Å². The lowest BCUT2D eigenvalue weighted by Gasteiger charge is -2.29. The summed E-state index contributed by atoms with van der Waals surface area (Å²) in [4.78, 5) is 43.8. The minimum Gasteiger partial charge on any atom is -0.453 e. The van der Waals surface area contributed by atoms with Gasteiger partial charge in [-0.15, -0.1) is 0 Å². The third-order valence-corrected chi connectivity index (χ3v) is 7.97. The standard InChI is InChI=1S/C29H35N7O3/c1-16(2)25(35-29(38)39-3)28(37)36-13-5-7-24(36)27-32-20-11-9-18(15-23(20)34-27)17-8-10-19-22(14-17)33-26(31-19)21-6-4-12-30-21/h8-11,14-16,21,24-25,30H,4-7,12-13H2,1-3H3,(H,31,33)(H,32,34)(H,35,38)/t21-,24-,25-/m0/s1. The fraction of sp³-hybridized carbons (Fsp3) is 0.448. The number of hydrogen-bond donors (Lipinski definition) is 4. The number of nitrogens with one attached hydrogen (secondary N) is 4. The quantitative estimate of drug-likeness (QED) is 0.290. The number of benzene rings is 2. The monoisotopic (exact) mass is 529 g/mol. The molecule has 10 heteroatoms. The van der Waals surface area contributed by atoms with E-state index in [2.05, 4.69) is 50.9 Å². The molecule has 2 aromatic carbocycles. The van der Waals surface area contributed by atoms with Crippen molar-refractivity contribution in [1.29, 1.82) is 0 Å². The van der Waals surface area contributed by atoms with Crippen molar-refractivity contribution in [2.75, 3.05) is 20.2 Å². The van der Waals surface area contributed by atoms with Gasteiger partial charge in [0.2, 0.25) is 5.91 Å². The Morgan fingerprint density at radius 3 is 2.26 bits per heavy atom. The predicted molar refractivity (Wildman–Crippen MR) is 149 cm³/mol. The molecule has 2 amide bonds. The summed E-state index contributed by atoms with van der Waals surface area (Å²) in [7, 11) is 1.30. The number of methoxy groups -OCH3 is 1. The molecule has 0 saturated carbocycles. The molecular formula is C29H35N7O3. The van der Waals surface area contributed by atoms with Gasteiger partial charge in [0.15, 0.2) is 0 Å². The molecule has 6 rings (SSSR count). The van der Waals surface area contributed by atoms with Crippen LogP contribution in [0.5, 0.6) is 0 Å². The molecule has 2 saturated heterocycles. The maximum absolute atomic E-state index is 13.5. The Bertz CT molecular complexity index is 1520. The van der Waals surface area contributed by atoms with Gasteiger partial charge >= 0.3 is 6.09 Å². The first-order valence-corrected chi connectivity index (χ1v) is 13.8. The van der Waals surface area contributed by atoms with Gasteiger partial charge in [-0.05, 0) is 73.5 Å². The van der Waals surface area contributed by atoms with Crippen molar-refractivity contribution in [1.82, 2.24) is 35.5 Å². The number of nitrogens with zero attached hydrogens (tertiary/aromatic N) is 3. The molecule has 2 aliphatic rings. The Morgan fingerprint density at radius 2 is 1.64 bits per heavy atom. The average Bonchev–Trinajstić information content (AvgIpc) is 3.74. The number of ether oxygens (including phenoxy) is 1. The molecule has 2 aromatic heterocycles. The number of alkyl carbamates (subject to hydrolysis) is 1. The molecule has 0 unspecified atom stereocenters. The van der Waals surface area contributed by atoms with Gasteiger partial charge in [-0.3, -0.25) is 4.79 Å². The van der Waals surface area contributed by atoms with Gasteiger partial charge in [0.25, 0.3) is 0 Å². The van der Waals surface area contributed by atoms with E-state index < -0.39 is 12.1 Å². The van der Waals surface area contributed by atoms with E-state index in [1.807, 2.05) is 24.8 Å². The van der Waals surface area contributed by atoms with Crippen LogP contribution in [-0.2, 0) is 9.53 Å². The van der Waals surface area contributed by atoms with E-state index in [0.29, 0.717) is 12.6 Å². The third kappa shape index (κ3) is 4.85. The highest BCUT2D eigenvalue weighted by Gasteiger charge is 2.37. The second kappa shape index (κ2) is 10.3. The number of carbonyl (C=O) groups is 2. The summed E-state index contributed by atoms with van der Waals surface area (Å²) in [5, 5.41) is 6.21. The summed E-state index contributed by atoms with van der Waals surface area (Å²) in [5.74, 6) is 1.59. The number of hydrogen-bond acceptors (Lipinski definition) is 6. The second-order valence-electron chi connectivity index (χ2n) is 10.9. The lowest BCUT2D eigenvalue weighted by Crippen LogP contribution is -2.51. The zero-order chi connectivity index (χ0) is 27.1. The smallest absolute Gasteiger partial charge is 0.407 e. The highest BCUT2D eigenvalue weighted by molar-refractivity contribution is 5.88. The molecule has 0 aliphatic carbocycles. The molecule has 2 aliphatic heterocycles. The zero-order valence-electron chi connectivity index (χ0n) is 22.6. The highest BCUT2D eigenvalue weighted by atomic mass is 16.5. The molecule has 0 bridgehead atoms. The van der Waals surface area contributed by atoms with Crippen LogP contribution in [0.1, 0.15) is 63.3 Å². The number of likely N-dealkylation sites (tertiary alicyclic amines) is 1. The summed E-state index contributed by atoms with van der Waals surface area (Å²) in [6.07, 6.45) is 3.37. The number of amides is 2. The lowest BCUT2D eigenvalue weighted by atomic mass is 10.0. The zero-order valence-corrected chi connectivity index (χ0v) is 22.6. The largest absolute Gasteiger partial charge is 0.453 e. The Kier molecular flexibility index (Phi) is 6.72. The van der Waals surface area contributed by atoms with Crippen LogP contribution in [0.4, 0.5) is 4.79 Å². The van der Waals surface area contributed by atoms with Gasteiger partial charge < -0.3 is 30.2 Å². The maximum atomic E-state index is 13.5. The Balaban J connectivity index is 1.25. The van der Waals surface area contributed by atoms with Crippen molar-refractivity contribution >= 4 is 34.1 Å². The molecular weight excluding hydrogens is 494 g/mol. The molecule has 0 radical (unpaired) electrons. The molecule has 2 fully saturated rings. The molecule has 4 heterocycles. The molecule has 0 spiro atoms. The summed E-state index contributed by atoms with van der Waals surface area (Å²) in [6, 6.07) is 12.0. The van der Waals surface area contributed by atoms with Crippen LogP contribution in [-0.4, -0.2) is 63.1 Å². The fourth-order valence-corrected chi connectivity index (χ4v) is 5.85. The number of fused-ring (bicyclic) bond motifs is 2. The van der Waals surface area contributed by atoms with E-state index in [-0.39, 0.29) is 17.9 Å². The summed E-state index contributed by atoms with van der Waals surface area (Å²) in [5.41, 5.74) is 5.97. The van der Waals surface area contributed by atoms with Crippen LogP contribution < -0.4 is 10.6 Å².